The third-order valence-electron chi connectivity index (χ3n) is 5.50. The Morgan fingerprint density at radius 1 is 0.731 bits per heavy atom. The van der Waals surface area contributed by atoms with Crippen LogP contribution in [0.1, 0.15) is 37.5 Å². The van der Waals surface area contributed by atoms with Crippen molar-refractivity contribution in [3.8, 4) is 11.1 Å². The Bertz CT molecular complexity index is 1070. The van der Waals surface area contributed by atoms with E-state index >= 15 is 0 Å². The molecule has 26 heavy (non-hydrogen) atoms. The maximum absolute atomic E-state index is 14.7. The summed E-state index contributed by atoms with van der Waals surface area (Å²) < 4.78 is 14.7. The largest absolute Gasteiger partial charge is 0.309 e. The molecule has 1 aliphatic heterocycles. The van der Waals surface area contributed by atoms with Crippen LogP contribution in [-0.2, 0) is 9.98 Å². The van der Waals surface area contributed by atoms with Crippen molar-refractivity contribution in [1.82, 2.24) is 0 Å². The van der Waals surface area contributed by atoms with Crippen molar-refractivity contribution in [3.63, 3.8) is 0 Å². The zero-order chi connectivity index (χ0) is 18.7. The van der Waals surface area contributed by atoms with E-state index in [9.17, 15) is 4.57 Å². The molecular weight excluding hydrogens is 335 g/mol. The highest BCUT2D eigenvalue weighted by molar-refractivity contribution is 7.86. The van der Waals surface area contributed by atoms with Crippen LogP contribution in [0.2, 0.25) is 0 Å². The zero-order valence-electron chi connectivity index (χ0n) is 16.1. The van der Waals surface area contributed by atoms with E-state index in [1.54, 1.807) is 0 Å². The molecule has 0 aromatic heterocycles. The highest BCUT2D eigenvalue weighted by atomic mass is 31.2. The van der Waals surface area contributed by atoms with Crippen molar-refractivity contribution in [2.45, 2.75) is 40.0 Å². The summed E-state index contributed by atoms with van der Waals surface area (Å²) in [5.41, 5.74) is 5.83. The van der Waals surface area contributed by atoms with E-state index in [-0.39, 0.29) is 5.41 Å². The number of fused-ring (bicyclic) bond motifs is 3. The van der Waals surface area contributed by atoms with Crippen LogP contribution >= 0.6 is 7.14 Å². The Morgan fingerprint density at radius 3 is 2.12 bits per heavy atom. The summed E-state index contributed by atoms with van der Waals surface area (Å²) in [4.78, 5) is 0. The van der Waals surface area contributed by atoms with Crippen LogP contribution in [0.15, 0.2) is 60.7 Å². The van der Waals surface area contributed by atoms with Gasteiger partial charge in [-0.3, -0.25) is 0 Å². The summed E-state index contributed by atoms with van der Waals surface area (Å²) in [5, 5.41) is 2.98. The van der Waals surface area contributed by atoms with Crippen LogP contribution in [0.25, 0.3) is 11.1 Å². The first-order chi connectivity index (χ1) is 12.2. The van der Waals surface area contributed by atoms with Crippen molar-refractivity contribution in [1.29, 1.82) is 0 Å². The molecule has 4 rings (SSSR count). The van der Waals surface area contributed by atoms with Crippen LogP contribution in [0, 0.1) is 13.8 Å². The zero-order valence-corrected chi connectivity index (χ0v) is 17.0. The fraction of sp³-hybridized carbons (Fsp3) is 0.250. The Hall–Kier alpha value is -2.11. The van der Waals surface area contributed by atoms with Gasteiger partial charge in [0.25, 0.3) is 0 Å². The van der Waals surface area contributed by atoms with Gasteiger partial charge in [-0.1, -0.05) is 69.3 Å². The first-order valence-corrected chi connectivity index (χ1v) is 10.9. The van der Waals surface area contributed by atoms with E-state index in [0.717, 1.165) is 38.2 Å². The smallest absolute Gasteiger partial charge is 0.172 e. The van der Waals surface area contributed by atoms with Crippen molar-refractivity contribution >= 4 is 23.1 Å². The van der Waals surface area contributed by atoms with Crippen molar-refractivity contribution < 1.29 is 4.57 Å². The third-order valence-corrected chi connectivity index (χ3v) is 8.97. The first kappa shape index (κ1) is 17.3. The van der Waals surface area contributed by atoms with Crippen LogP contribution in [-0.4, -0.2) is 0 Å². The number of hydrogen-bond donors (Lipinski definition) is 0. The molecule has 0 unspecified atom stereocenters. The number of hydrogen-bond acceptors (Lipinski definition) is 1. The SMILES string of the molecule is Cc1ccccc1[P@]1(=O)c2ccc(C(C)(C)C)cc2-c2cccc(C)c21. The van der Waals surface area contributed by atoms with Crippen LogP contribution in [0.5, 0.6) is 0 Å². The lowest BCUT2D eigenvalue weighted by molar-refractivity contribution is 0.589. The molecule has 1 aliphatic rings. The quantitative estimate of drug-likeness (QED) is 0.425. The van der Waals surface area contributed by atoms with Crippen LogP contribution < -0.4 is 15.9 Å². The summed E-state index contributed by atoms with van der Waals surface area (Å²) in [6.45, 7) is 10.8. The molecule has 3 aromatic carbocycles. The molecule has 0 saturated carbocycles. The van der Waals surface area contributed by atoms with Gasteiger partial charge in [0.05, 0.1) is 0 Å². The second-order valence-corrected chi connectivity index (χ2v) is 11.0. The lowest BCUT2D eigenvalue weighted by atomic mass is 9.85. The predicted octanol–water partition coefficient (Wildman–Crippen LogP) is 5.22. The second-order valence-electron chi connectivity index (χ2n) is 8.35. The Kier molecular flexibility index (Phi) is 3.79. The molecule has 0 bridgehead atoms. The van der Waals surface area contributed by atoms with E-state index in [4.69, 9.17) is 0 Å². The first-order valence-electron chi connectivity index (χ1n) is 9.16. The molecule has 132 valence electrons. The minimum Gasteiger partial charge on any atom is -0.309 e. The molecule has 0 aliphatic carbocycles. The topological polar surface area (TPSA) is 17.1 Å². The van der Waals surface area contributed by atoms with Crippen molar-refractivity contribution in [3.05, 3.63) is 77.4 Å². The van der Waals surface area contributed by atoms with Crippen LogP contribution in [0.4, 0.5) is 0 Å². The molecule has 0 fully saturated rings. The highest BCUT2D eigenvalue weighted by Crippen LogP contribution is 2.53. The minimum atomic E-state index is -2.85. The van der Waals surface area contributed by atoms with E-state index < -0.39 is 7.14 Å². The summed E-state index contributed by atoms with van der Waals surface area (Å²) in [7, 11) is -2.85. The number of aryl methyl sites for hydroxylation is 2. The molecule has 0 spiro atoms. The molecule has 0 amide bonds. The standard InChI is InChI=1S/C24H25OP/c1-16-9-6-7-12-21(16)26(25)22-14-13-18(24(3,4)5)15-20(22)19-11-8-10-17(2)23(19)26/h6-15H,1-5H3/t26-/m0/s1. The number of benzene rings is 3. The molecule has 0 N–H and O–H groups in total. The fourth-order valence-electron chi connectivity index (χ4n) is 4.07. The van der Waals surface area contributed by atoms with Gasteiger partial charge >= 0.3 is 0 Å². The van der Waals surface area contributed by atoms with Gasteiger partial charge in [-0.25, -0.2) is 0 Å². The molecule has 3 aromatic rings. The monoisotopic (exact) mass is 360 g/mol. The van der Waals surface area contributed by atoms with Gasteiger partial charge in [-0.05, 0) is 59.2 Å². The molecule has 1 heterocycles. The van der Waals surface area contributed by atoms with E-state index in [1.165, 1.54) is 5.56 Å². The lowest BCUT2D eigenvalue weighted by Gasteiger charge is -2.22. The third kappa shape index (κ3) is 2.34. The van der Waals surface area contributed by atoms with E-state index in [0.29, 0.717) is 0 Å². The van der Waals surface area contributed by atoms with Gasteiger partial charge in [0, 0.05) is 15.9 Å². The lowest BCUT2D eigenvalue weighted by Crippen LogP contribution is -2.24. The van der Waals surface area contributed by atoms with Gasteiger partial charge in [-0.2, -0.15) is 0 Å². The highest BCUT2D eigenvalue weighted by Gasteiger charge is 2.42. The van der Waals surface area contributed by atoms with Gasteiger partial charge in [0.1, 0.15) is 0 Å². The average Bonchev–Trinajstić information content (AvgIpc) is 2.85. The maximum atomic E-state index is 14.7. The fourth-order valence-corrected chi connectivity index (χ4v) is 7.60. The van der Waals surface area contributed by atoms with Gasteiger partial charge in [0.15, 0.2) is 7.14 Å². The second kappa shape index (κ2) is 5.69. The predicted molar refractivity (Wildman–Crippen MR) is 113 cm³/mol. The normalized spacial score (nSPS) is 18.5. The van der Waals surface area contributed by atoms with Crippen LogP contribution in [0.3, 0.4) is 0 Å². The summed E-state index contributed by atoms with van der Waals surface area (Å²) in [6.07, 6.45) is 0. The van der Waals surface area contributed by atoms with Crippen molar-refractivity contribution in [2.75, 3.05) is 0 Å². The minimum absolute atomic E-state index is 0.0638. The Balaban J connectivity index is 2.12. The average molecular weight is 360 g/mol. The molecule has 1 nitrogen and oxygen atoms in total. The Morgan fingerprint density at radius 2 is 1.42 bits per heavy atom. The molecular formula is C24H25OP. The molecule has 0 radical (unpaired) electrons. The van der Waals surface area contributed by atoms with Gasteiger partial charge in [-0.15, -0.1) is 0 Å². The maximum Gasteiger partial charge on any atom is 0.172 e. The summed E-state index contributed by atoms with van der Waals surface area (Å²) >= 11 is 0. The summed E-state index contributed by atoms with van der Waals surface area (Å²) in [5.74, 6) is 0. The molecule has 1 atom stereocenters. The van der Waals surface area contributed by atoms with E-state index in [2.05, 4.69) is 77.1 Å². The number of rotatable bonds is 1. The van der Waals surface area contributed by atoms with Gasteiger partial charge < -0.3 is 4.57 Å². The van der Waals surface area contributed by atoms with Gasteiger partial charge in [0.2, 0.25) is 0 Å². The molecule has 0 saturated heterocycles. The summed E-state index contributed by atoms with van der Waals surface area (Å²) in [6, 6.07) is 20.9. The molecule has 2 heteroatoms. The van der Waals surface area contributed by atoms with Crippen molar-refractivity contribution in [2.24, 2.45) is 0 Å². The Labute approximate surface area is 156 Å². The van der Waals surface area contributed by atoms with E-state index in [1.807, 2.05) is 18.2 Å².